The highest BCUT2D eigenvalue weighted by Gasteiger charge is 1.87. The number of nitrogens with two attached hydrogens (primary N) is 1. The van der Waals surface area contributed by atoms with E-state index >= 15 is 0 Å². The zero-order chi connectivity index (χ0) is 10.2. The molecular formula is C13H15N. The average molecular weight is 185 g/mol. The van der Waals surface area contributed by atoms with Crippen LogP contribution in [0.1, 0.15) is 24.0 Å². The summed E-state index contributed by atoms with van der Waals surface area (Å²) >= 11 is 0. The molecule has 2 N–H and O–H groups in total. The third kappa shape index (κ3) is 3.47. The molecule has 1 aromatic carbocycles. The maximum atomic E-state index is 5.39. The summed E-state index contributed by atoms with van der Waals surface area (Å²) in [5.74, 6) is 2.59. The van der Waals surface area contributed by atoms with Crippen LogP contribution in [0, 0.1) is 12.3 Å². The van der Waals surface area contributed by atoms with Gasteiger partial charge in [-0.3, -0.25) is 0 Å². The normalized spacial score (nSPS) is 10.3. The van der Waals surface area contributed by atoms with Crippen LogP contribution in [0.3, 0.4) is 0 Å². The average Bonchev–Trinajstić information content (AvgIpc) is 2.25. The van der Waals surface area contributed by atoms with E-state index in [9.17, 15) is 0 Å². The van der Waals surface area contributed by atoms with Gasteiger partial charge in [-0.25, -0.2) is 0 Å². The summed E-state index contributed by atoms with van der Waals surface area (Å²) in [5, 5.41) is 0. The number of unbranched alkanes of at least 4 members (excludes halogenated alkanes) is 1. The van der Waals surface area contributed by atoms with Crippen LogP contribution in [0.2, 0.25) is 0 Å². The molecule has 1 aromatic rings. The first-order valence-electron chi connectivity index (χ1n) is 4.80. The Balaban J connectivity index is 2.52. The first-order chi connectivity index (χ1) is 6.86. The van der Waals surface area contributed by atoms with E-state index in [2.05, 4.69) is 18.1 Å². The van der Waals surface area contributed by atoms with Gasteiger partial charge in [0.15, 0.2) is 0 Å². The van der Waals surface area contributed by atoms with Crippen molar-refractivity contribution >= 4 is 6.08 Å². The minimum atomic E-state index is 0.750. The lowest BCUT2D eigenvalue weighted by Gasteiger charge is -1.94. The van der Waals surface area contributed by atoms with E-state index < -0.39 is 0 Å². The molecule has 14 heavy (non-hydrogen) atoms. The van der Waals surface area contributed by atoms with Crippen LogP contribution in [0.5, 0.6) is 0 Å². The standard InChI is InChI=1S/C13H15N/c1-2-12-7-9-13(10-8-12)6-4-3-5-11-14/h1,4,6-10H,3,5,11,14H2. The summed E-state index contributed by atoms with van der Waals surface area (Å²) in [7, 11) is 0. The van der Waals surface area contributed by atoms with Crippen LogP contribution in [0.15, 0.2) is 30.3 Å². The summed E-state index contributed by atoms with van der Waals surface area (Å²) in [4.78, 5) is 0. The van der Waals surface area contributed by atoms with E-state index in [1.807, 2.05) is 24.3 Å². The summed E-state index contributed by atoms with van der Waals surface area (Å²) in [6.07, 6.45) is 11.6. The summed E-state index contributed by atoms with van der Waals surface area (Å²) < 4.78 is 0. The van der Waals surface area contributed by atoms with Crippen LogP contribution in [0.4, 0.5) is 0 Å². The summed E-state index contributed by atoms with van der Waals surface area (Å²) in [6, 6.07) is 7.94. The van der Waals surface area contributed by atoms with E-state index in [0.29, 0.717) is 0 Å². The van der Waals surface area contributed by atoms with Gasteiger partial charge < -0.3 is 5.73 Å². The zero-order valence-corrected chi connectivity index (χ0v) is 8.24. The third-order valence-corrected chi connectivity index (χ3v) is 1.96. The van der Waals surface area contributed by atoms with E-state index in [1.165, 1.54) is 5.56 Å². The van der Waals surface area contributed by atoms with Crippen molar-refractivity contribution in [1.82, 2.24) is 0 Å². The van der Waals surface area contributed by atoms with Gasteiger partial charge in [0.1, 0.15) is 0 Å². The first-order valence-corrected chi connectivity index (χ1v) is 4.80. The van der Waals surface area contributed by atoms with Gasteiger partial charge in [0.2, 0.25) is 0 Å². The number of terminal acetylenes is 1. The SMILES string of the molecule is C#Cc1ccc(C=CCCCN)cc1. The van der Waals surface area contributed by atoms with E-state index in [1.54, 1.807) is 0 Å². The van der Waals surface area contributed by atoms with Gasteiger partial charge in [-0.2, -0.15) is 0 Å². The molecule has 0 saturated carbocycles. The van der Waals surface area contributed by atoms with E-state index in [0.717, 1.165) is 24.9 Å². The lowest BCUT2D eigenvalue weighted by molar-refractivity contribution is 0.857. The molecule has 1 rings (SSSR count). The molecule has 0 heterocycles. The molecule has 0 aliphatic rings. The fourth-order valence-corrected chi connectivity index (χ4v) is 1.15. The Hall–Kier alpha value is -1.52. The zero-order valence-electron chi connectivity index (χ0n) is 8.24. The molecule has 0 saturated heterocycles. The summed E-state index contributed by atoms with van der Waals surface area (Å²) in [5.41, 5.74) is 7.49. The van der Waals surface area contributed by atoms with Gasteiger partial charge in [-0.05, 0) is 37.1 Å². The number of benzene rings is 1. The number of hydrogen-bond donors (Lipinski definition) is 1. The maximum absolute atomic E-state index is 5.39. The fourth-order valence-electron chi connectivity index (χ4n) is 1.15. The minimum absolute atomic E-state index is 0.750. The molecule has 0 atom stereocenters. The van der Waals surface area contributed by atoms with Crippen LogP contribution >= 0.6 is 0 Å². The van der Waals surface area contributed by atoms with E-state index in [4.69, 9.17) is 12.2 Å². The molecule has 1 heteroatoms. The van der Waals surface area contributed by atoms with Gasteiger partial charge in [0.05, 0.1) is 0 Å². The number of rotatable bonds is 4. The Kier molecular flexibility index (Phi) is 4.54. The second-order valence-electron chi connectivity index (χ2n) is 3.10. The highest BCUT2D eigenvalue weighted by atomic mass is 14.5. The van der Waals surface area contributed by atoms with Crippen molar-refractivity contribution in [2.24, 2.45) is 5.73 Å². The topological polar surface area (TPSA) is 26.0 Å². The lowest BCUT2D eigenvalue weighted by atomic mass is 10.1. The highest BCUT2D eigenvalue weighted by molar-refractivity contribution is 5.51. The Bertz CT molecular complexity index is 327. The van der Waals surface area contributed by atoms with Gasteiger partial charge in [-0.15, -0.1) is 6.42 Å². The first kappa shape index (κ1) is 10.6. The van der Waals surface area contributed by atoms with Crippen molar-refractivity contribution in [3.05, 3.63) is 41.5 Å². The molecule has 0 spiro atoms. The van der Waals surface area contributed by atoms with Crippen LogP contribution in [-0.2, 0) is 0 Å². The van der Waals surface area contributed by atoms with Crippen molar-refractivity contribution < 1.29 is 0 Å². The van der Waals surface area contributed by atoms with E-state index in [-0.39, 0.29) is 0 Å². The molecule has 0 amide bonds. The molecular weight excluding hydrogens is 170 g/mol. The Morgan fingerprint density at radius 3 is 2.57 bits per heavy atom. The monoisotopic (exact) mass is 185 g/mol. The molecule has 0 fully saturated rings. The van der Waals surface area contributed by atoms with Gasteiger partial charge >= 0.3 is 0 Å². The van der Waals surface area contributed by atoms with Crippen molar-refractivity contribution in [3.63, 3.8) is 0 Å². The van der Waals surface area contributed by atoms with Crippen molar-refractivity contribution in [3.8, 4) is 12.3 Å². The molecule has 1 nitrogen and oxygen atoms in total. The van der Waals surface area contributed by atoms with Crippen molar-refractivity contribution in [1.29, 1.82) is 0 Å². The minimum Gasteiger partial charge on any atom is -0.330 e. The Morgan fingerprint density at radius 1 is 1.29 bits per heavy atom. The van der Waals surface area contributed by atoms with Gasteiger partial charge in [0.25, 0.3) is 0 Å². The van der Waals surface area contributed by atoms with Crippen molar-refractivity contribution in [2.75, 3.05) is 6.54 Å². The smallest absolute Gasteiger partial charge is 0.0243 e. The Labute approximate surface area is 85.6 Å². The molecule has 0 unspecified atom stereocenters. The predicted molar refractivity (Wildman–Crippen MR) is 61.7 cm³/mol. The number of hydrogen-bond acceptors (Lipinski definition) is 1. The maximum Gasteiger partial charge on any atom is 0.0243 e. The largest absolute Gasteiger partial charge is 0.330 e. The van der Waals surface area contributed by atoms with Gasteiger partial charge in [0, 0.05) is 5.56 Å². The van der Waals surface area contributed by atoms with Crippen molar-refractivity contribution in [2.45, 2.75) is 12.8 Å². The lowest BCUT2D eigenvalue weighted by Crippen LogP contribution is -1.96. The molecule has 0 aliphatic heterocycles. The summed E-state index contributed by atoms with van der Waals surface area (Å²) in [6.45, 7) is 0.750. The number of allylic oxidation sites excluding steroid dienone is 1. The van der Waals surface area contributed by atoms with Crippen LogP contribution in [-0.4, -0.2) is 6.54 Å². The van der Waals surface area contributed by atoms with Crippen LogP contribution in [0.25, 0.3) is 6.08 Å². The quantitative estimate of drug-likeness (QED) is 0.566. The molecule has 0 aliphatic carbocycles. The molecule has 0 aromatic heterocycles. The molecule has 0 bridgehead atoms. The van der Waals surface area contributed by atoms with Gasteiger partial charge in [-0.1, -0.05) is 30.2 Å². The highest BCUT2D eigenvalue weighted by Crippen LogP contribution is 2.05. The molecule has 72 valence electrons. The predicted octanol–water partition coefficient (Wildman–Crippen LogP) is 2.42. The fraction of sp³-hybridized carbons (Fsp3) is 0.231. The third-order valence-electron chi connectivity index (χ3n) is 1.96. The molecule has 0 radical (unpaired) electrons. The Morgan fingerprint density at radius 2 is 2.00 bits per heavy atom. The second kappa shape index (κ2) is 6.01. The van der Waals surface area contributed by atoms with Crippen LogP contribution < -0.4 is 5.73 Å². The second-order valence-corrected chi connectivity index (χ2v) is 3.10.